The molecule has 0 aliphatic heterocycles. The average Bonchev–Trinajstić information content (AvgIpc) is 2.52. The van der Waals surface area contributed by atoms with Crippen LogP contribution in [0.3, 0.4) is 0 Å². The molecular formula is C16H15NO4. The number of nitrogens with zero attached hydrogens (tertiary/aromatic N) is 1. The van der Waals surface area contributed by atoms with Crippen molar-refractivity contribution in [2.75, 3.05) is 13.7 Å². The molecule has 2 rings (SSSR count). The van der Waals surface area contributed by atoms with Gasteiger partial charge in [0, 0.05) is 6.21 Å². The van der Waals surface area contributed by atoms with Gasteiger partial charge in [0.15, 0.2) is 6.61 Å². The first kappa shape index (κ1) is 14.6. The second-order valence-corrected chi connectivity index (χ2v) is 4.21. The van der Waals surface area contributed by atoms with Crippen LogP contribution in [0.4, 0.5) is 5.69 Å². The molecule has 0 heterocycles. The van der Waals surface area contributed by atoms with E-state index in [1.54, 1.807) is 31.5 Å². The van der Waals surface area contributed by atoms with Crippen molar-refractivity contribution in [3.63, 3.8) is 0 Å². The van der Waals surface area contributed by atoms with Crippen LogP contribution in [0, 0.1) is 0 Å². The Kier molecular flexibility index (Phi) is 4.93. The molecule has 0 atom stereocenters. The van der Waals surface area contributed by atoms with Gasteiger partial charge in [-0.15, -0.1) is 0 Å². The van der Waals surface area contributed by atoms with E-state index in [9.17, 15) is 4.79 Å². The van der Waals surface area contributed by atoms with Gasteiger partial charge in [-0.1, -0.05) is 12.1 Å². The molecule has 2 aromatic carbocycles. The molecule has 2 aromatic rings. The largest absolute Gasteiger partial charge is 0.497 e. The molecule has 0 aromatic heterocycles. The third-order valence-electron chi connectivity index (χ3n) is 2.66. The normalized spacial score (nSPS) is 10.5. The molecule has 0 amide bonds. The van der Waals surface area contributed by atoms with E-state index < -0.39 is 5.97 Å². The molecule has 0 fully saturated rings. The maximum absolute atomic E-state index is 10.5. The molecule has 108 valence electrons. The highest BCUT2D eigenvalue weighted by atomic mass is 16.5. The number of ether oxygens (including phenoxy) is 2. The lowest BCUT2D eigenvalue weighted by Crippen LogP contribution is -2.09. The van der Waals surface area contributed by atoms with Crippen molar-refractivity contribution in [3.8, 4) is 11.5 Å². The zero-order valence-electron chi connectivity index (χ0n) is 11.5. The summed E-state index contributed by atoms with van der Waals surface area (Å²) in [7, 11) is 1.61. The number of aliphatic imine (C=N–C) groups is 1. The standard InChI is InChI=1S/C16H15NO4/c1-20-14-7-5-13(6-8-14)17-10-12-3-2-4-15(9-12)21-11-16(18)19/h2-10H,11H2,1H3,(H,18,19). The van der Waals surface area contributed by atoms with E-state index in [0.717, 1.165) is 17.0 Å². The molecule has 0 bridgehead atoms. The second-order valence-electron chi connectivity index (χ2n) is 4.21. The van der Waals surface area contributed by atoms with Crippen LogP contribution in [-0.4, -0.2) is 31.0 Å². The van der Waals surface area contributed by atoms with Crippen LogP contribution in [0.5, 0.6) is 11.5 Å². The Morgan fingerprint density at radius 2 is 1.95 bits per heavy atom. The quantitative estimate of drug-likeness (QED) is 0.829. The average molecular weight is 285 g/mol. The van der Waals surface area contributed by atoms with Crippen LogP contribution >= 0.6 is 0 Å². The minimum absolute atomic E-state index is 0.362. The molecule has 0 saturated carbocycles. The lowest BCUT2D eigenvalue weighted by molar-refractivity contribution is -0.139. The topological polar surface area (TPSA) is 68.1 Å². The van der Waals surface area contributed by atoms with E-state index in [1.165, 1.54) is 0 Å². The van der Waals surface area contributed by atoms with Crippen molar-refractivity contribution in [1.29, 1.82) is 0 Å². The SMILES string of the molecule is COc1ccc(N=Cc2cccc(OCC(=O)O)c2)cc1. The maximum Gasteiger partial charge on any atom is 0.341 e. The van der Waals surface area contributed by atoms with Gasteiger partial charge >= 0.3 is 5.97 Å². The molecule has 5 nitrogen and oxygen atoms in total. The Bertz CT molecular complexity index is 635. The number of hydrogen-bond donors (Lipinski definition) is 1. The van der Waals surface area contributed by atoms with E-state index in [2.05, 4.69) is 4.99 Å². The minimum atomic E-state index is -1.01. The van der Waals surface area contributed by atoms with Gasteiger partial charge in [-0.2, -0.15) is 0 Å². The molecule has 0 radical (unpaired) electrons. The molecule has 0 unspecified atom stereocenters. The van der Waals surface area contributed by atoms with Gasteiger partial charge in [0.2, 0.25) is 0 Å². The van der Waals surface area contributed by atoms with Crippen LogP contribution in [0.25, 0.3) is 0 Å². The summed E-state index contributed by atoms with van der Waals surface area (Å²) in [5, 5.41) is 8.58. The third kappa shape index (κ3) is 4.65. The molecule has 0 saturated heterocycles. The monoisotopic (exact) mass is 285 g/mol. The zero-order valence-corrected chi connectivity index (χ0v) is 11.5. The Labute approximate surface area is 122 Å². The Balaban J connectivity index is 2.05. The summed E-state index contributed by atoms with van der Waals surface area (Å²) in [6, 6.07) is 14.4. The van der Waals surface area contributed by atoms with Gasteiger partial charge in [-0.25, -0.2) is 4.79 Å². The van der Waals surface area contributed by atoms with Gasteiger partial charge in [-0.3, -0.25) is 4.99 Å². The maximum atomic E-state index is 10.5. The smallest absolute Gasteiger partial charge is 0.341 e. The first-order valence-electron chi connectivity index (χ1n) is 6.30. The summed E-state index contributed by atoms with van der Waals surface area (Å²) in [5.74, 6) is 0.265. The van der Waals surface area contributed by atoms with Crippen LogP contribution in [0.2, 0.25) is 0 Å². The van der Waals surface area contributed by atoms with Crippen LogP contribution in [-0.2, 0) is 4.79 Å². The van der Waals surface area contributed by atoms with E-state index in [-0.39, 0.29) is 6.61 Å². The van der Waals surface area contributed by atoms with Crippen LogP contribution in [0.15, 0.2) is 53.5 Å². The minimum Gasteiger partial charge on any atom is -0.497 e. The van der Waals surface area contributed by atoms with E-state index in [0.29, 0.717) is 5.75 Å². The first-order chi connectivity index (χ1) is 10.2. The van der Waals surface area contributed by atoms with Gasteiger partial charge < -0.3 is 14.6 Å². The van der Waals surface area contributed by atoms with Crippen molar-refractivity contribution < 1.29 is 19.4 Å². The number of carbonyl (C=O) groups is 1. The summed E-state index contributed by atoms with van der Waals surface area (Å²) in [5.41, 5.74) is 1.63. The summed E-state index contributed by atoms with van der Waals surface area (Å²) in [6.07, 6.45) is 1.69. The Morgan fingerprint density at radius 1 is 1.19 bits per heavy atom. The number of methoxy groups -OCH3 is 1. The number of aliphatic carboxylic acids is 1. The first-order valence-corrected chi connectivity index (χ1v) is 6.30. The predicted octanol–water partition coefficient (Wildman–Crippen LogP) is 2.91. The second kappa shape index (κ2) is 7.09. The lowest BCUT2D eigenvalue weighted by Gasteiger charge is -2.03. The molecular weight excluding hydrogens is 270 g/mol. The van der Waals surface area contributed by atoms with Crippen molar-refractivity contribution in [3.05, 3.63) is 54.1 Å². The van der Waals surface area contributed by atoms with E-state index in [1.807, 2.05) is 30.3 Å². The van der Waals surface area contributed by atoms with E-state index in [4.69, 9.17) is 14.6 Å². The van der Waals surface area contributed by atoms with Gasteiger partial charge in [0.05, 0.1) is 12.8 Å². The van der Waals surface area contributed by atoms with E-state index >= 15 is 0 Å². The van der Waals surface area contributed by atoms with Gasteiger partial charge in [-0.05, 0) is 42.0 Å². The highest BCUT2D eigenvalue weighted by molar-refractivity contribution is 5.82. The number of benzene rings is 2. The number of carboxylic acid groups (broad SMARTS) is 1. The van der Waals surface area contributed by atoms with Crippen molar-refractivity contribution in [1.82, 2.24) is 0 Å². The van der Waals surface area contributed by atoms with Crippen molar-refractivity contribution in [2.24, 2.45) is 4.99 Å². The fourth-order valence-corrected chi connectivity index (χ4v) is 1.65. The summed E-state index contributed by atoms with van der Waals surface area (Å²) in [6.45, 7) is -0.362. The highest BCUT2D eigenvalue weighted by Crippen LogP contribution is 2.18. The molecule has 1 N–H and O–H groups in total. The molecule has 5 heteroatoms. The molecule has 0 aliphatic rings. The number of rotatable bonds is 6. The fraction of sp³-hybridized carbons (Fsp3) is 0.125. The Hall–Kier alpha value is -2.82. The summed E-state index contributed by atoms with van der Waals surface area (Å²) in [4.78, 5) is 14.8. The van der Waals surface area contributed by atoms with Crippen molar-refractivity contribution >= 4 is 17.9 Å². The van der Waals surface area contributed by atoms with Crippen LogP contribution < -0.4 is 9.47 Å². The lowest BCUT2D eigenvalue weighted by atomic mass is 10.2. The zero-order chi connectivity index (χ0) is 15.1. The molecule has 0 aliphatic carbocycles. The van der Waals surface area contributed by atoms with Crippen molar-refractivity contribution in [2.45, 2.75) is 0 Å². The highest BCUT2D eigenvalue weighted by Gasteiger charge is 1.99. The summed E-state index contributed by atoms with van der Waals surface area (Å²) < 4.78 is 10.2. The third-order valence-corrected chi connectivity index (χ3v) is 2.66. The Morgan fingerprint density at radius 3 is 2.62 bits per heavy atom. The number of hydrogen-bond acceptors (Lipinski definition) is 4. The molecule has 21 heavy (non-hydrogen) atoms. The predicted molar refractivity (Wildman–Crippen MR) is 79.8 cm³/mol. The number of carboxylic acids is 1. The molecule has 0 spiro atoms. The van der Waals surface area contributed by atoms with Crippen LogP contribution in [0.1, 0.15) is 5.56 Å². The summed E-state index contributed by atoms with van der Waals surface area (Å²) >= 11 is 0. The fourth-order valence-electron chi connectivity index (χ4n) is 1.65. The van der Waals surface area contributed by atoms with Gasteiger partial charge in [0.25, 0.3) is 0 Å². The van der Waals surface area contributed by atoms with Gasteiger partial charge in [0.1, 0.15) is 11.5 Å².